The molecular weight excluding hydrogens is 803 g/mol. The Morgan fingerprint density at radius 3 is 2.13 bits per heavy atom. The fourth-order valence-electron chi connectivity index (χ4n) is 7.17. The summed E-state index contributed by atoms with van der Waals surface area (Å²) in [6, 6.07) is 33.0. The fraction of sp³-hybridized carbons (Fsp3) is 0.347. The number of benzene rings is 5. The summed E-state index contributed by atoms with van der Waals surface area (Å²) in [7, 11) is 1.62. The lowest BCUT2D eigenvalue weighted by Crippen LogP contribution is -2.51. The van der Waals surface area contributed by atoms with Crippen molar-refractivity contribution in [3.63, 3.8) is 0 Å². The summed E-state index contributed by atoms with van der Waals surface area (Å²) in [6.45, 7) is 10.0. The zero-order valence-electron chi connectivity index (χ0n) is 36.6. The molecule has 0 aliphatic carbocycles. The second-order valence-electron chi connectivity index (χ2n) is 16.4. The number of H-pyrrole nitrogens is 1. The Labute approximate surface area is 368 Å². The molecule has 0 bridgehead atoms. The van der Waals surface area contributed by atoms with E-state index >= 15 is 0 Å². The summed E-state index contributed by atoms with van der Waals surface area (Å²) in [4.78, 5) is 26.7. The number of piperidine rings is 1. The van der Waals surface area contributed by atoms with E-state index < -0.39 is 17.6 Å². The van der Waals surface area contributed by atoms with Crippen molar-refractivity contribution >= 4 is 39.3 Å². The molecule has 14 nitrogen and oxygen atoms in total. The van der Waals surface area contributed by atoms with Crippen molar-refractivity contribution in [1.29, 1.82) is 0 Å². The SMILES string of the molecule is CC(C)(C)NCC(O)c1cc(O)cc(O)c1.CCC1(c2ccc(N)cc2)CCC(=O)NC1=O.COc1ccccc1OCCNCC(O)COc1cccc2[nH]c3ccccc3c12. The van der Waals surface area contributed by atoms with Crippen molar-refractivity contribution in [1.82, 2.24) is 20.9 Å². The van der Waals surface area contributed by atoms with Gasteiger partial charge in [-0.3, -0.25) is 14.9 Å². The second kappa shape index (κ2) is 22.2. The summed E-state index contributed by atoms with van der Waals surface area (Å²) < 4.78 is 16.9. The van der Waals surface area contributed by atoms with Crippen LogP contribution in [0.4, 0.5) is 5.69 Å². The molecular formula is C49H61N5O9. The van der Waals surface area contributed by atoms with E-state index in [9.17, 15) is 30.0 Å². The van der Waals surface area contributed by atoms with Crippen LogP contribution in [0.2, 0.25) is 0 Å². The zero-order chi connectivity index (χ0) is 45.6. The first-order chi connectivity index (χ1) is 30.1. The number of para-hydroxylation sites is 3. The third kappa shape index (κ3) is 13.3. The van der Waals surface area contributed by atoms with Gasteiger partial charge in [0.2, 0.25) is 11.8 Å². The van der Waals surface area contributed by atoms with Gasteiger partial charge in [0.15, 0.2) is 11.5 Å². The summed E-state index contributed by atoms with van der Waals surface area (Å²) in [5.41, 5.74) is 9.17. The number of aliphatic hydroxyl groups excluding tert-OH is 2. The molecule has 0 spiro atoms. The van der Waals surface area contributed by atoms with Crippen LogP contribution in [0.15, 0.2) is 109 Å². The standard InChI is InChI=1S/C24H26N2O4.C13H16N2O2.C12H19NO3/c1-28-21-10-4-5-11-22(21)29-14-13-25-15-17(27)16-30-23-12-6-9-20-24(23)18-7-2-3-8-19(18)26-20;1-2-13(8-7-11(16)15-12(13)17)9-3-5-10(14)6-4-9;1-12(2,3)13-7-11(16)8-4-9(14)6-10(15)5-8/h2-12,17,25-27H,13-16H2,1H3;3-6H,2,7-8,14H2,1H3,(H,15,16,17);4-6,11,13-16H,7H2,1-3H3. The molecule has 6 aromatic rings. The number of nitrogen functional groups attached to an aromatic ring is 1. The predicted molar refractivity (Wildman–Crippen MR) is 246 cm³/mol. The highest BCUT2D eigenvalue weighted by Crippen LogP contribution is 2.36. The fourth-order valence-corrected chi connectivity index (χ4v) is 7.17. The lowest BCUT2D eigenvalue weighted by atomic mass is 9.72. The number of aromatic amines is 1. The number of phenols is 2. The number of hydrogen-bond donors (Lipinski definition) is 9. The van der Waals surface area contributed by atoms with Crippen LogP contribution in [-0.4, -0.2) is 88.8 Å². The Morgan fingerprint density at radius 1 is 0.810 bits per heavy atom. The largest absolute Gasteiger partial charge is 0.508 e. The maximum absolute atomic E-state index is 12.1. The number of carbonyl (C=O) groups is 2. The maximum atomic E-state index is 12.1. The van der Waals surface area contributed by atoms with Crippen molar-refractivity contribution in [2.24, 2.45) is 0 Å². The van der Waals surface area contributed by atoms with Gasteiger partial charge in [0.25, 0.3) is 0 Å². The summed E-state index contributed by atoms with van der Waals surface area (Å²) in [5.74, 6) is 1.70. The molecule has 0 radical (unpaired) electrons. The van der Waals surface area contributed by atoms with E-state index in [0.717, 1.165) is 33.1 Å². The van der Waals surface area contributed by atoms with Gasteiger partial charge in [-0.2, -0.15) is 0 Å². The number of aromatic nitrogens is 1. The van der Waals surface area contributed by atoms with Crippen LogP contribution >= 0.6 is 0 Å². The first kappa shape index (κ1) is 47.7. The molecule has 1 saturated heterocycles. The second-order valence-corrected chi connectivity index (χ2v) is 16.4. The molecule has 2 heterocycles. The number of imide groups is 1. The van der Waals surface area contributed by atoms with Crippen molar-refractivity contribution in [2.75, 3.05) is 45.7 Å². The number of ether oxygens (including phenoxy) is 3. The van der Waals surface area contributed by atoms with E-state index in [1.54, 1.807) is 19.2 Å². The first-order valence-electron chi connectivity index (χ1n) is 21.1. The minimum absolute atomic E-state index is 0.0511. The molecule has 3 unspecified atom stereocenters. The van der Waals surface area contributed by atoms with Crippen molar-refractivity contribution in [2.45, 2.75) is 70.1 Å². The number of aromatic hydroxyl groups is 2. The van der Waals surface area contributed by atoms with Crippen LogP contribution in [0.3, 0.4) is 0 Å². The van der Waals surface area contributed by atoms with Crippen LogP contribution in [0.5, 0.6) is 28.7 Å². The third-order valence-electron chi connectivity index (χ3n) is 10.6. The number of rotatable bonds is 15. The summed E-state index contributed by atoms with van der Waals surface area (Å²) in [6.07, 6.45) is 0.256. The van der Waals surface area contributed by atoms with Crippen molar-refractivity contribution in [3.05, 3.63) is 120 Å². The molecule has 14 heteroatoms. The smallest absolute Gasteiger partial charge is 0.237 e. The number of amides is 2. The van der Waals surface area contributed by atoms with Crippen LogP contribution < -0.4 is 35.9 Å². The number of anilines is 1. The van der Waals surface area contributed by atoms with Gasteiger partial charge in [0, 0.05) is 59.6 Å². The van der Waals surface area contributed by atoms with Gasteiger partial charge in [0.05, 0.1) is 24.1 Å². The Bertz CT molecular complexity index is 2390. The van der Waals surface area contributed by atoms with Gasteiger partial charge < -0.3 is 56.0 Å². The molecule has 10 N–H and O–H groups in total. The molecule has 336 valence electrons. The summed E-state index contributed by atoms with van der Waals surface area (Å²) in [5, 5.41) is 49.6. The highest BCUT2D eigenvalue weighted by Gasteiger charge is 2.42. The Kier molecular flexibility index (Phi) is 16.8. The predicted octanol–water partition coefficient (Wildman–Crippen LogP) is 6.61. The van der Waals surface area contributed by atoms with E-state index in [0.29, 0.717) is 68.3 Å². The number of aliphatic hydroxyl groups is 2. The Balaban J connectivity index is 0.000000193. The van der Waals surface area contributed by atoms with E-state index in [-0.39, 0.29) is 35.5 Å². The molecule has 63 heavy (non-hydrogen) atoms. The summed E-state index contributed by atoms with van der Waals surface area (Å²) >= 11 is 0. The average molecular weight is 864 g/mol. The van der Waals surface area contributed by atoms with Crippen molar-refractivity contribution < 1.29 is 44.2 Å². The van der Waals surface area contributed by atoms with E-state index in [1.165, 1.54) is 18.2 Å². The van der Waals surface area contributed by atoms with E-state index in [4.69, 9.17) is 19.9 Å². The Hall–Kier alpha value is -6.32. The van der Waals surface area contributed by atoms with Gasteiger partial charge in [-0.05, 0) is 99.3 Å². The van der Waals surface area contributed by atoms with Crippen LogP contribution in [0, 0.1) is 0 Å². The number of phenolic OH excluding ortho intramolecular Hbond substituents is 2. The molecule has 1 aromatic heterocycles. The molecule has 7 rings (SSSR count). The molecule has 1 aliphatic rings. The minimum atomic E-state index is -0.753. The number of carbonyl (C=O) groups excluding carboxylic acids is 2. The number of hydrogen-bond acceptors (Lipinski definition) is 12. The normalized spacial score (nSPS) is 15.9. The van der Waals surface area contributed by atoms with Crippen LogP contribution in [-0.2, 0) is 15.0 Å². The lowest BCUT2D eigenvalue weighted by molar-refractivity contribution is -0.138. The average Bonchev–Trinajstić information content (AvgIpc) is 3.65. The molecule has 2 amide bonds. The van der Waals surface area contributed by atoms with Crippen molar-refractivity contribution in [3.8, 4) is 28.7 Å². The van der Waals surface area contributed by atoms with Gasteiger partial charge >= 0.3 is 0 Å². The maximum Gasteiger partial charge on any atom is 0.237 e. The number of nitrogens with one attached hydrogen (secondary N) is 4. The van der Waals surface area contributed by atoms with Crippen LogP contribution in [0.25, 0.3) is 21.8 Å². The Morgan fingerprint density at radius 2 is 1.46 bits per heavy atom. The van der Waals surface area contributed by atoms with Gasteiger partial charge in [0.1, 0.15) is 36.6 Å². The quantitative estimate of drug-likeness (QED) is 0.0303. The number of β-amino-alcohol motifs (C(OH)–C–C–N with tert-alkyl or cyclic N) is 1. The topological polar surface area (TPSA) is 221 Å². The van der Waals surface area contributed by atoms with E-state index in [2.05, 4.69) is 27.0 Å². The third-order valence-corrected chi connectivity index (χ3v) is 10.6. The number of fused-ring (bicyclic) bond motifs is 3. The van der Waals surface area contributed by atoms with Gasteiger partial charge in [-0.1, -0.05) is 55.5 Å². The molecule has 0 saturated carbocycles. The lowest BCUT2D eigenvalue weighted by Gasteiger charge is -2.34. The molecule has 1 fully saturated rings. The highest BCUT2D eigenvalue weighted by atomic mass is 16.5. The first-order valence-corrected chi connectivity index (χ1v) is 21.1. The van der Waals surface area contributed by atoms with Gasteiger partial charge in [-0.25, -0.2) is 0 Å². The van der Waals surface area contributed by atoms with Gasteiger partial charge in [-0.15, -0.1) is 0 Å². The molecule has 1 aliphatic heterocycles. The van der Waals surface area contributed by atoms with E-state index in [1.807, 2.05) is 100 Å². The monoisotopic (exact) mass is 863 g/mol. The molecule has 3 atom stereocenters. The zero-order valence-corrected chi connectivity index (χ0v) is 36.6. The van der Waals surface area contributed by atoms with Crippen LogP contribution in [0.1, 0.15) is 64.2 Å². The highest BCUT2D eigenvalue weighted by molar-refractivity contribution is 6.10. The number of methoxy groups -OCH3 is 1. The number of nitrogens with two attached hydrogens (primary N) is 1. The molecule has 5 aromatic carbocycles. The minimum Gasteiger partial charge on any atom is -0.508 e.